The summed E-state index contributed by atoms with van der Waals surface area (Å²) in [7, 11) is -3.59. The number of sulfonamides is 1. The van der Waals surface area contributed by atoms with Crippen molar-refractivity contribution in [2.45, 2.75) is 11.0 Å². The van der Waals surface area contributed by atoms with Crippen LogP contribution in [0.4, 0.5) is 0 Å². The molecule has 2 aromatic rings. The van der Waals surface area contributed by atoms with Gasteiger partial charge < -0.3 is 14.2 Å². The molecule has 9 heteroatoms. The lowest BCUT2D eigenvalue weighted by molar-refractivity contribution is 0.0720. The van der Waals surface area contributed by atoms with E-state index in [1.165, 1.54) is 22.6 Å². The van der Waals surface area contributed by atoms with E-state index in [1.54, 1.807) is 18.2 Å². The summed E-state index contributed by atoms with van der Waals surface area (Å²) in [6.07, 6.45) is 1.25. The lowest BCUT2D eigenvalue weighted by Crippen LogP contribution is -2.56. The number of ether oxygens (including phenoxy) is 3. The predicted molar refractivity (Wildman–Crippen MR) is 89.9 cm³/mol. The monoisotopic (exact) mass is 382 g/mol. The molecule has 7 nitrogen and oxygen atoms in total. The van der Waals surface area contributed by atoms with Gasteiger partial charge in [0.25, 0.3) is 0 Å². The number of hydrogen-bond donors (Lipinski definition) is 0. The third-order valence-electron chi connectivity index (χ3n) is 3.95. The highest BCUT2D eigenvalue weighted by molar-refractivity contribution is 7.89. The summed E-state index contributed by atoms with van der Waals surface area (Å²) in [5.74, 6) is 1.43. The third kappa shape index (κ3) is 3.24. The second kappa shape index (κ2) is 6.36. The zero-order valence-electron chi connectivity index (χ0n) is 13.1. The Morgan fingerprint density at radius 3 is 2.60 bits per heavy atom. The number of nitrogens with zero attached hydrogens (tertiary/aromatic N) is 2. The van der Waals surface area contributed by atoms with Crippen LogP contribution in [0.3, 0.4) is 0 Å². The second-order valence-electron chi connectivity index (χ2n) is 5.68. The number of aromatic nitrogens is 1. The van der Waals surface area contributed by atoms with E-state index in [9.17, 15) is 8.42 Å². The molecule has 1 aromatic heterocycles. The Bertz CT molecular complexity index is 882. The fraction of sp³-hybridized carbons (Fsp3) is 0.312. The molecule has 2 aliphatic heterocycles. The van der Waals surface area contributed by atoms with Crippen molar-refractivity contribution in [2.24, 2.45) is 0 Å². The highest BCUT2D eigenvalue weighted by Crippen LogP contribution is 2.34. The number of pyridine rings is 1. The van der Waals surface area contributed by atoms with Crippen LogP contribution >= 0.6 is 11.6 Å². The van der Waals surface area contributed by atoms with E-state index in [0.717, 1.165) is 0 Å². The summed E-state index contributed by atoms with van der Waals surface area (Å²) >= 11 is 5.77. The normalized spacial score (nSPS) is 17.8. The van der Waals surface area contributed by atoms with E-state index < -0.39 is 10.0 Å². The van der Waals surface area contributed by atoms with Crippen LogP contribution in [0, 0.1) is 0 Å². The second-order valence-corrected chi connectivity index (χ2v) is 8.06. The maximum atomic E-state index is 12.7. The molecule has 0 N–H and O–H groups in total. The largest absolute Gasteiger partial charge is 0.486 e. The van der Waals surface area contributed by atoms with E-state index in [0.29, 0.717) is 35.6 Å². The number of benzene rings is 1. The van der Waals surface area contributed by atoms with E-state index in [1.807, 2.05) is 0 Å². The van der Waals surface area contributed by atoms with Gasteiger partial charge in [-0.3, -0.25) is 0 Å². The first-order chi connectivity index (χ1) is 12.0. The van der Waals surface area contributed by atoms with Crippen molar-refractivity contribution in [1.29, 1.82) is 0 Å². The molecule has 0 atom stereocenters. The molecule has 25 heavy (non-hydrogen) atoms. The van der Waals surface area contributed by atoms with Crippen LogP contribution in [-0.2, 0) is 10.0 Å². The molecule has 1 aromatic carbocycles. The van der Waals surface area contributed by atoms with E-state index in [2.05, 4.69) is 4.98 Å². The average molecular weight is 383 g/mol. The minimum atomic E-state index is -3.59. The van der Waals surface area contributed by atoms with Gasteiger partial charge in [0.15, 0.2) is 11.5 Å². The fourth-order valence-corrected chi connectivity index (χ4v) is 4.24. The summed E-state index contributed by atoms with van der Waals surface area (Å²) in [5, 5.41) is 0.517. The summed E-state index contributed by atoms with van der Waals surface area (Å²) < 4.78 is 43.2. The third-order valence-corrected chi connectivity index (χ3v) is 6.00. The number of hydrogen-bond acceptors (Lipinski definition) is 6. The molecule has 0 spiro atoms. The SMILES string of the molecule is O=S(=O)(c1ccc2c(c1)OCCO2)N1CC(Oc2ccc(Cl)cn2)C1. The summed E-state index contributed by atoms with van der Waals surface area (Å²) in [5.41, 5.74) is 0. The van der Waals surface area contributed by atoms with Gasteiger partial charge in [-0.05, 0) is 18.2 Å². The molecule has 2 aliphatic rings. The minimum Gasteiger partial charge on any atom is -0.486 e. The predicted octanol–water partition coefficient (Wildman–Crippen LogP) is 1.96. The van der Waals surface area contributed by atoms with Gasteiger partial charge >= 0.3 is 0 Å². The van der Waals surface area contributed by atoms with Crippen LogP contribution in [0.15, 0.2) is 41.4 Å². The zero-order valence-corrected chi connectivity index (χ0v) is 14.7. The van der Waals surface area contributed by atoms with Crippen LogP contribution in [0.25, 0.3) is 0 Å². The Labute approximate surface area is 150 Å². The van der Waals surface area contributed by atoms with Gasteiger partial charge in [0, 0.05) is 18.3 Å². The van der Waals surface area contributed by atoms with E-state index >= 15 is 0 Å². The van der Waals surface area contributed by atoms with E-state index in [4.69, 9.17) is 25.8 Å². The van der Waals surface area contributed by atoms with Crippen LogP contribution in [0.1, 0.15) is 0 Å². The van der Waals surface area contributed by atoms with Crippen molar-refractivity contribution in [3.05, 3.63) is 41.6 Å². The Morgan fingerprint density at radius 1 is 1.12 bits per heavy atom. The summed E-state index contributed by atoms with van der Waals surface area (Å²) in [6, 6.07) is 7.97. The van der Waals surface area contributed by atoms with Crippen LogP contribution in [0.5, 0.6) is 17.4 Å². The van der Waals surface area contributed by atoms with Crippen molar-refractivity contribution in [1.82, 2.24) is 9.29 Å². The van der Waals surface area contributed by atoms with Gasteiger partial charge in [-0.25, -0.2) is 13.4 Å². The molecule has 0 saturated carbocycles. The first-order valence-corrected chi connectivity index (χ1v) is 9.52. The molecule has 0 aliphatic carbocycles. The molecule has 3 heterocycles. The Balaban J connectivity index is 1.43. The Morgan fingerprint density at radius 2 is 1.88 bits per heavy atom. The summed E-state index contributed by atoms with van der Waals surface area (Å²) in [6.45, 7) is 1.40. The quantitative estimate of drug-likeness (QED) is 0.804. The molecular formula is C16H15ClN2O5S. The average Bonchev–Trinajstić information content (AvgIpc) is 2.58. The fourth-order valence-electron chi connectivity index (χ4n) is 2.61. The molecular weight excluding hydrogens is 368 g/mol. The van der Waals surface area contributed by atoms with Gasteiger partial charge in [-0.1, -0.05) is 11.6 Å². The van der Waals surface area contributed by atoms with Crippen LogP contribution in [0.2, 0.25) is 5.02 Å². The molecule has 4 rings (SSSR count). The number of fused-ring (bicyclic) bond motifs is 1. The van der Waals surface area contributed by atoms with Crippen molar-refractivity contribution in [3.8, 4) is 17.4 Å². The Hall–Kier alpha value is -2.03. The standard InChI is InChI=1S/C16H15ClN2O5S/c17-11-1-4-16(18-8-11)24-12-9-19(10-12)25(20,21)13-2-3-14-15(7-13)23-6-5-22-14/h1-4,7-8,12H,5-6,9-10H2. The number of rotatable bonds is 4. The van der Waals surface area contributed by atoms with Crippen molar-refractivity contribution >= 4 is 21.6 Å². The van der Waals surface area contributed by atoms with Gasteiger partial charge in [0.05, 0.1) is 23.0 Å². The minimum absolute atomic E-state index is 0.180. The zero-order chi connectivity index (χ0) is 17.4. The first kappa shape index (κ1) is 16.4. The Kier molecular flexibility index (Phi) is 4.18. The molecule has 0 radical (unpaired) electrons. The van der Waals surface area contributed by atoms with Crippen molar-refractivity contribution in [3.63, 3.8) is 0 Å². The lowest BCUT2D eigenvalue weighted by atomic mass is 10.2. The molecule has 1 saturated heterocycles. The highest BCUT2D eigenvalue weighted by atomic mass is 35.5. The molecule has 0 unspecified atom stereocenters. The van der Waals surface area contributed by atoms with Gasteiger partial charge in [0.1, 0.15) is 19.3 Å². The van der Waals surface area contributed by atoms with E-state index in [-0.39, 0.29) is 24.1 Å². The topological polar surface area (TPSA) is 78.0 Å². The smallest absolute Gasteiger partial charge is 0.243 e. The molecule has 1 fully saturated rings. The number of halogens is 1. The van der Waals surface area contributed by atoms with Crippen LogP contribution in [-0.4, -0.2) is 50.1 Å². The van der Waals surface area contributed by atoms with Gasteiger partial charge in [-0.15, -0.1) is 0 Å². The molecule has 0 bridgehead atoms. The summed E-state index contributed by atoms with van der Waals surface area (Å²) in [4.78, 5) is 4.22. The molecule has 132 valence electrons. The van der Waals surface area contributed by atoms with Crippen LogP contribution < -0.4 is 14.2 Å². The van der Waals surface area contributed by atoms with Crippen molar-refractivity contribution in [2.75, 3.05) is 26.3 Å². The lowest BCUT2D eigenvalue weighted by Gasteiger charge is -2.37. The maximum absolute atomic E-state index is 12.7. The first-order valence-electron chi connectivity index (χ1n) is 7.70. The van der Waals surface area contributed by atoms with Crippen molar-refractivity contribution < 1.29 is 22.6 Å². The van der Waals surface area contributed by atoms with Gasteiger partial charge in [-0.2, -0.15) is 4.31 Å². The molecule has 0 amide bonds. The maximum Gasteiger partial charge on any atom is 0.243 e. The van der Waals surface area contributed by atoms with Gasteiger partial charge in [0.2, 0.25) is 15.9 Å². The highest BCUT2D eigenvalue weighted by Gasteiger charge is 2.38.